The summed E-state index contributed by atoms with van der Waals surface area (Å²) < 4.78 is 11.0. The van der Waals surface area contributed by atoms with Gasteiger partial charge in [-0.05, 0) is 53.5 Å². The van der Waals surface area contributed by atoms with E-state index in [1.165, 1.54) is 34.0 Å². The van der Waals surface area contributed by atoms with Gasteiger partial charge in [-0.2, -0.15) is 11.8 Å². The first-order valence-electron chi connectivity index (χ1n) is 9.82. The van der Waals surface area contributed by atoms with Crippen molar-refractivity contribution in [3.05, 3.63) is 65.9 Å². The summed E-state index contributed by atoms with van der Waals surface area (Å²) in [6, 6.07) is 15.3. The Morgan fingerprint density at radius 1 is 1.07 bits per heavy atom. The fraction of sp³-hybridized carbons (Fsp3) is 0.304. The summed E-state index contributed by atoms with van der Waals surface area (Å²) in [5.41, 5.74) is 5.29. The van der Waals surface area contributed by atoms with Crippen molar-refractivity contribution in [1.29, 1.82) is 0 Å². The molecule has 144 valence electrons. The first-order valence-corrected chi connectivity index (χ1v) is 11.0. The lowest BCUT2D eigenvalue weighted by Gasteiger charge is -2.24. The number of hydrogen-bond donors (Lipinski definition) is 2. The highest BCUT2D eigenvalue weighted by atomic mass is 32.2. The van der Waals surface area contributed by atoms with E-state index >= 15 is 0 Å². The van der Waals surface area contributed by atoms with Gasteiger partial charge in [-0.15, -0.1) is 0 Å². The highest BCUT2D eigenvalue weighted by molar-refractivity contribution is 7.98. The Bertz CT molecular complexity index is 1010. The number of hydrogen-bond acceptors (Lipinski definition) is 4. The number of thioether (sulfide) groups is 1. The molecule has 0 saturated heterocycles. The number of nitrogens with one attached hydrogen (secondary N) is 2. The molecular formula is C23H24N2O2S. The molecule has 3 aromatic rings. The zero-order chi connectivity index (χ0) is 18.8. The van der Waals surface area contributed by atoms with E-state index in [0.717, 1.165) is 36.0 Å². The van der Waals surface area contributed by atoms with Gasteiger partial charge in [0.2, 0.25) is 6.79 Å². The van der Waals surface area contributed by atoms with Crippen molar-refractivity contribution in [2.75, 3.05) is 19.1 Å². The van der Waals surface area contributed by atoms with E-state index in [4.69, 9.17) is 9.47 Å². The lowest BCUT2D eigenvalue weighted by molar-refractivity contribution is 0.174. The topological polar surface area (TPSA) is 46.3 Å². The molecule has 0 aliphatic carbocycles. The lowest BCUT2D eigenvalue weighted by Crippen LogP contribution is -2.33. The van der Waals surface area contributed by atoms with Crippen LogP contribution < -0.4 is 14.8 Å². The van der Waals surface area contributed by atoms with Gasteiger partial charge < -0.3 is 19.8 Å². The standard InChI is InChI=1S/C23H24N2O2S/c1-2-4-21-20(3-1)18(13-25-21)14-28-10-8-19-11-17(7-9-24-19)16-5-6-22-23(12-16)27-15-26-22/h1-7,12-13,19,24-25H,8-11,14-15H2. The van der Waals surface area contributed by atoms with Crippen molar-refractivity contribution in [3.8, 4) is 11.5 Å². The Labute approximate surface area is 169 Å². The molecule has 1 atom stereocenters. The third kappa shape index (κ3) is 3.64. The molecule has 0 radical (unpaired) electrons. The van der Waals surface area contributed by atoms with Crippen LogP contribution in [0.15, 0.2) is 54.7 Å². The molecule has 0 spiro atoms. The van der Waals surface area contributed by atoms with Crippen LogP contribution in [0.1, 0.15) is 24.0 Å². The number of ether oxygens (including phenoxy) is 2. The second kappa shape index (κ2) is 7.94. The van der Waals surface area contributed by atoms with E-state index in [-0.39, 0.29) is 0 Å². The third-order valence-corrected chi connectivity index (χ3v) is 6.55. The molecular weight excluding hydrogens is 368 g/mol. The minimum absolute atomic E-state index is 0.329. The Balaban J connectivity index is 1.14. The summed E-state index contributed by atoms with van der Waals surface area (Å²) in [7, 11) is 0. The summed E-state index contributed by atoms with van der Waals surface area (Å²) in [5.74, 6) is 3.93. The largest absolute Gasteiger partial charge is 0.454 e. The molecule has 3 heterocycles. The van der Waals surface area contributed by atoms with Crippen LogP contribution in [0.25, 0.3) is 16.5 Å². The van der Waals surface area contributed by atoms with Gasteiger partial charge in [-0.25, -0.2) is 0 Å². The van der Waals surface area contributed by atoms with E-state index in [0.29, 0.717) is 12.8 Å². The van der Waals surface area contributed by atoms with E-state index < -0.39 is 0 Å². The highest BCUT2D eigenvalue weighted by Crippen LogP contribution is 2.36. The minimum atomic E-state index is 0.329. The van der Waals surface area contributed by atoms with Gasteiger partial charge in [-0.1, -0.05) is 30.3 Å². The van der Waals surface area contributed by atoms with Crippen molar-refractivity contribution in [1.82, 2.24) is 10.3 Å². The minimum Gasteiger partial charge on any atom is -0.454 e. The molecule has 2 aromatic carbocycles. The zero-order valence-corrected chi connectivity index (χ0v) is 16.6. The molecule has 1 aromatic heterocycles. The molecule has 4 nitrogen and oxygen atoms in total. The van der Waals surface area contributed by atoms with Crippen LogP contribution in [-0.4, -0.2) is 30.1 Å². The number of para-hydroxylation sites is 1. The van der Waals surface area contributed by atoms with Crippen molar-refractivity contribution >= 4 is 28.2 Å². The predicted octanol–water partition coefficient (Wildman–Crippen LogP) is 4.97. The average molecular weight is 393 g/mol. The SMILES string of the molecule is C1=C(c2ccc3c(c2)OCO3)CC(CCSCc2c[nH]c3ccccc23)NC1. The van der Waals surface area contributed by atoms with Crippen molar-refractivity contribution in [3.63, 3.8) is 0 Å². The summed E-state index contributed by atoms with van der Waals surface area (Å²) in [5, 5.41) is 4.99. The van der Waals surface area contributed by atoms with Crippen LogP contribution in [0, 0.1) is 0 Å². The Kier molecular flexibility index (Phi) is 5.02. The van der Waals surface area contributed by atoms with E-state index in [2.05, 4.69) is 59.0 Å². The van der Waals surface area contributed by atoms with Gasteiger partial charge in [0, 0.05) is 35.4 Å². The highest BCUT2D eigenvalue weighted by Gasteiger charge is 2.19. The molecule has 2 N–H and O–H groups in total. The second-order valence-corrected chi connectivity index (χ2v) is 8.41. The second-order valence-electron chi connectivity index (χ2n) is 7.31. The van der Waals surface area contributed by atoms with Gasteiger partial charge in [0.05, 0.1) is 0 Å². The summed E-state index contributed by atoms with van der Waals surface area (Å²) in [6.45, 7) is 1.26. The van der Waals surface area contributed by atoms with Crippen LogP contribution in [-0.2, 0) is 5.75 Å². The van der Waals surface area contributed by atoms with E-state index in [9.17, 15) is 0 Å². The molecule has 0 saturated carbocycles. The van der Waals surface area contributed by atoms with Crippen molar-refractivity contribution in [2.45, 2.75) is 24.6 Å². The molecule has 2 aliphatic heterocycles. The van der Waals surface area contributed by atoms with Crippen LogP contribution in [0.4, 0.5) is 0 Å². The maximum atomic E-state index is 5.53. The maximum absolute atomic E-state index is 5.53. The zero-order valence-electron chi connectivity index (χ0n) is 15.7. The molecule has 5 rings (SSSR count). The van der Waals surface area contributed by atoms with Crippen LogP contribution in [0.2, 0.25) is 0 Å². The van der Waals surface area contributed by atoms with Gasteiger partial charge in [0.15, 0.2) is 11.5 Å². The fourth-order valence-corrected chi connectivity index (χ4v) is 5.02. The van der Waals surface area contributed by atoms with Crippen LogP contribution >= 0.6 is 11.8 Å². The summed E-state index contributed by atoms with van der Waals surface area (Å²) in [4.78, 5) is 3.37. The van der Waals surface area contributed by atoms with Crippen LogP contribution in [0.3, 0.4) is 0 Å². The molecule has 28 heavy (non-hydrogen) atoms. The predicted molar refractivity (Wildman–Crippen MR) is 116 cm³/mol. The van der Waals surface area contributed by atoms with E-state index in [1.54, 1.807) is 0 Å². The number of rotatable bonds is 6. The summed E-state index contributed by atoms with van der Waals surface area (Å²) >= 11 is 2.02. The molecule has 5 heteroatoms. The number of fused-ring (bicyclic) bond motifs is 2. The van der Waals surface area contributed by atoms with E-state index in [1.807, 2.05) is 17.8 Å². The quantitative estimate of drug-likeness (QED) is 0.582. The first kappa shape index (κ1) is 17.7. The van der Waals surface area contributed by atoms with Gasteiger partial charge >= 0.3 is 0 Å². The van der Waals surface area contributed by atoms with Crippen LogP contribution in [0.5, 0.6) is 11.5 Å². The monoisotopic (exact) mass is 392 g/mol. The van der Waals surface area contributed by atoms with Crippen molar-refractivity contribution in [2.24, 2.45) is 0 Å². The average Bonchev–Trinajstić information content (AvgIpc) is 3.38. The number of H-pyrrole nitrogens is 1. The first-order chi connectivity index (χ1) is 13.9. The maximum Gasteiger partial charge on any atom is 0.231 e. The fourth-order valence-electron chi connectivity index (χ4n) is 3.96. The van der Waals surface area contributed by atoms with Gasteiger partial charge in [0.25, 0.3) is 0 Å². The normalized spacial score (nSPS) is 18.4. The lowest BCUT2D eigenvalue weighted by atomic mass is 9.94. The molecule has 0 fully saturated rings. The molecule has 0 amide bonds. The smallest absolute Gasteiger partial charge is 0.231 e. The van der Waals surface area contributed by atoms with Crippen molar-refractivity contribution < 1.29 is 9.47 Å². The number of aromatic nitrogens is 1. The molecule has 1 unspecified atom stereocenters. The number of benzene rings is 2. The Morgan fingerprint density at radius 2 is 2.00 bits per heavy atom. The molecule has 0 bridgehead atoms. The summed E-state index contributed by atoms with van der Waals surface area (Å²) in [6.07, 6.45) is 6.69. The Hall–Kier alpha value is -2.37. The van der Waals surface area contributed by atoms with Gasteiger partial charge in [0.1, 0.15) is 0 Å². The van der Waals surface area contributed by atoms with Gasteiger partial charge in [-0.3, -0.25) is 0 Å². The molecule has 2 aliphatic rings. The Morgan fingerprint density at radius 3 is 3.00 bits per heavy atom. The third-order valence-electron chi connectivity index (χ3n) is 5.51. The number of aromatic amines is 1.